The van der Waals surface area contributed by atoms with E-state index in [9.17, 15) is 4.79 Å². The molecule has 72 valence electrons. The van der Waals surface area contributed by atoms with E-state index in [2.05, 4.69) is 12.7 Å². The molecule has 0 aliphatic carbocycles. The van der Waals surface area contributed by atoms with Gasteiger partial charge in [0.2, 0.25) is 0 Å². The van der Waals surface area contributed by atoms with Crippen molar-refractivity contribution in [2.45, 2.75) is 33.1 Å². The van der Waals surface area contributed by atoms with Gasteiger partial charge in [-0.1, -0.05) is 30.4 Å². The van der Waals surface area contributed by atoms with Crippen LogP contribution in [0.15, 0.2) is 36.0 Å². The first-order valence-electron chi connectivity index (χ1n) is 4.61. The number of unbranched alkanes of at least 4 members (excludes halogenated alkanes) is 2. The van der Waals surface area contributed by atoms with Crippen molar-refractivity contribution in [1.29, 1.82) is 0 Å². The Balaban J connectivity index is 3.47. The van der Waals surface area contributed by atoms with Crippen molar-refractivity contribution < 1.29 is 4.79 Å². The maximum absolute atomic E-state index is 10.2. The summed E-state index contributed by atoms with van der Waals surface area (Å²) in [5.41, 5.74) is 1.91. The van der Waals surface area contributed by atoms with E-state index in [1.54, 1.807) is 0 Å². The summed E-state index contributed by atoms with van der Waals surface area (Å²) in [7, 11) is 0. The lowest BCUT2D eigenvalue weighted by Gasteiger charge is -1.91. The average molecular weight is 178 g/mol. The zero-order chi connectivity index (χ0) is 10.1. The summed E-state index contributed by atoms with van der Waals surface area (Å²) in [5, 5.41) is 0. The monoisotopic (exact) mass is 178 g/mol. The minimum absolute atomic E-state index is 0.823. The number of rotatable bonds is 6. The van der Waals surface area contributed by atoms with Crippen molar-refractivity contribution in [2.24, 2.45) is 0 Å². The first-order chi connectivity index (χ1) is 6.16. The van der Waals surface area contributed by atoms with Crippen molar-refractivity contribution >= 4 is 6.29 Å². The van der Waals surface area contributed by atoms with E-state index in [1.807, 2.05) is 26.0 Å². The third-order valence-electron chi connectivity index (χ3n) is 1.63. The van der Waals surface area contributed by atoms with Crippen LogP contribution in [0.1, 0.15) is 33.1 Å². The number of carbonyl (C=O) groups excluding carboxylic acids is 1. The molecule has 0 unspecified atom stereocenters. The van der Waals surface area contributed by atoms with Gasteiger partial charge < -0.3 is 0 Å². The fourth-order valence-electron chi connectivity index (χ4n) is 0.898. The van der Waals surface area contributed by atoms with Crippen molar-refractivity contribution in [3.8, 4) is 0 Å². The number of aldehydes is 1. The Morgan fingerprint density at radius 2 is 2.00 bits per heavy atom. The van der Waals surface area contributed by atoms with E-state index < -0.39 is 0 Å². The molecule has 0 aromatic rings. The van der Waals surface area contributed by atoms with Gasteiger partial charge in [0.05, 0.1) is 0 Å². The molecule has 0 saturated carbocycles. The summed E-state index contributed by atoms with van der Waals surface area (Å²) in [5.74, 6) is 0. The fourth-order valence-corrected chi connectivity index (χ4v) is 0.898. The second kappa shape index (κ2) is 7.53. The van der Waals surface area contributed by atoms with Gasteiger partial charge in [0.15, 0.2) is 0 Å². The molecule has 0 fully saturated rings. The summed E-state index contributed by atoms with van der Waals surface area (Å²) in [6.45, 7) is 7.58. The first-order valence-corrected chi connectivity index (χ1v) is 4.61. The molecule has 0 saturated heterocycles. The third-order valence-corrected chi connectivity index (χ3v) is 1.63. The van der Waals surface area contributed by atoms with Crippen LogP contribution in [0.25, 0.3) is 0 Å². The highest BCUT2D eigenvalue weighted by molar-refractivity contribution is 5.71. The predicted octanol–water partition coefficient (Wildman–Crippen LogP) is 3.43. The van der Waals surface area contributed by atoms with Gasteiger partial charge in [-0.2, -0.15) is 0 Å². The summed E-state index contributed by atoms with van der Waals surface area (Å²) < 4.78 is 0. The zero-order valence-electron chi connectivity index (χ0n) is 8.55. The third kappa shape index (κ3) is 8.80. The van der Waals surface area contributed by atoms with E-state index in [4.69, 9.17) is 0 Å². The fraction of sp³-hybridized carbons (Fsp3) is 0.417. The molecule has 0 rings (SSSR count). The molecule has 0 aromatic heterocycles. The highest BCUT2D eigenvalue weighted by Crippen LogP contribution is 2.01. The highest BCUT2D eigenvalue weighted by Gasteiger charge is 1.84. The molecule has 0 aliphatic rings. The number of hydrogen-bond acceptors (Lipinski definition) is 1. The normalized spacial score (nSPS) is 12.0. The highest BCUT2D eigenvalue weighted by atomic mass is 16.1. The summed E-state index contributed by atoms with van der Waals surface area (Å²) in [6.07, 6.45) is 10.1. The van der Waals surface area contributed by atoms with Crippen LogP contribution in [0.2, 0.25) is 0 Å². The smallest absolute Gasteiger partial charge is 0.145 e. The minimum Gasteiger partial charge on any atom is -0.298 e. The van der Waals surface area contributed by atoms with Crippen LogP contribution in [-0.4, -0.2) is 6.29 Å². The van der Waals surface area contributed by atoms with Crippen molar-refractivity contribution in [3.63, 3.8) is 0 Å². The molecule has 0 aromatic carbocycles. The molecule has 0 spiro atoms. The Morgan fingerprint density at radius 1 is 1.31 bits per heavy atom. The largest absolute Gasteiger partial charge is 0.298 e. The molecule has 13 heavy (non-hydrogen) atoms. The summed E-state index contributed by atoms with van der Waals surface area (Å²) in [4.78, 5) is 10.2. The SMILES string of the molecule is C=C(C)/C=C/CCC/C=C(\C)C=O. The van der Waals surface area contributed by atoms with E-state index >= 15 is 0 Å². The topological polar surface area (TPSA) is 17.1 Å². The standard InChI is InChI=1S/C12H18O/c1-11(2)8-6-4-5-7-9-12(3)10-13/h6,8-10H,1,4-5,7H2,2-3H3/b8-6+,12-9+. The van der Waals surface area contributed by atoms with Crippen LogP contribution in [-0.2, 0) is 4.79 Å². The number of carbonyl (C=O) groups is 1. The second-order valence-electron chi connectivity index (χ2n) is 3.25. The lowest BCUT2D eigenvalue weighted by molar-refractivity contribution is -0.104. The average Bonchev–Trinajstić information content (AvgIpc) is 2.10. The molecule has 0 aliphatic heterocycles. The molecule has 0 radical (unpaired) electrons. The van der Waals surface area contributed by atoms with Crippen LogP contribution < -0.4 is 0 Å². The molecule has 0 heterocycles. The molecule has 0 atom stereocenters. The van der Waals surface area contributed by atoms with Crippen LogP contribution >= 0.6 is 0 Å². The summed E-state index contributed by atoms with van der Waals surface area (Å²) >= 11 is 0. The van der Waals surface area contributed by atoms with Gasteiger partial charge in [-0.25, -0.2) is 0 Å². The van der Waals surface area contributed by atoms with Gasteiger partial charge in [0.1, 0.15) is 6.29 Å². The summed E-state index contributed by atoms with van der Waals surface area (Å²) in [6, 6.07) is 0. The van der Waals surface area contributed by atoms with E-state index in [0.29, 0.717) is 0 Å². The van der Waals surface area contributed by atoms with Gasteiger partial charge in [0.25, 0.3) is 0 Å². The van der Waals surface area contributed by atoms with Gasteiger partial charge in [-0.05, 0) is 38.7 Å². The maximum Gasteiger partial charge on any atom is 0.145 e. The van der Waals surface area contributed by atoms with E-state index in [0.717, 1.165) is 36.7 Å². The van der Waals surface area contributed by atoms with Crippen LogP contribution in [0.5, 0.6) is 0 Å². The first kappa shape index (κ1) is 11.9. The molecule has 0 N–H and O–H groups in total. The molecular formula is C12H18O. The van der Waals surface area contributed by atoms with Gasteiger partial charge in [0, 0.05) is 0 Å². The van der Waals surface area contributed by atoms with Gasteiger partial charge in [-0.15, -0.1) is 0 Å². The Kier molecular flexibility index (Phi) is 6.89. The Bertz CT molecular complexity index is 221. The second-order valence-corrected chi connectivity index (χ2v) is 3.25. The predicted molar refractivity (Wildman–Crippen MR) is 57.6 cm³/mol. The molecule has 1 heteroatoms. The van der Waals surface area contributed by atoms with Gasteiger partial charge >= 0.3 is 0 Å². The Hall–Kier alpha value is -1.11. The number of allylic oxidation sites excluding steroid dienone is 5. The van der Waals surface area contributed by atoms with Crippen molar-refractivity contribution in [1.82, 2.24) is 0 Å². The quantitative estimate of drug-likeness (QED) is 0.263. The van der Waals surface area contributed by atoms with Crippen molar-refractivity contribution in [3.05, 3.63) is 36.0 Å². The van der Waals surface area contributed by atoms with E-state index in [1.165, 1.54) is 0 Å². The minimum atomic E-state index is 0.823. The molecule has 1 nitrogen and oxygen atoms in total. The van der Waals surface area contributed by atoms with Crippen LogP contribution in [0.3, 0.4) is 0 Å². The molecule has 0 amide bonds. The Labute approximate surface area is 80.8 Å². The lowest BCUT2D eigenvalue weighted by Crippen LogP contribution is -1.76. The zero-order valence-corrected chi connectivity index (χ0v) is 8.55. The van der Waals surface area contributed by atoms with E-state index in [-0.39, 0.29) is 0 Å². The number of hydrogen-bond donors (Lipinski definition) is 0. The molecular weight excluding hydrogens is 160 g/mol. The van der Waals surface area contributed by atoms with Gasteiger partial charge in [-0.3, -0.25) is 4.79 Å². The van der Waals surface area contributed by atoms with Crippen LogP contribution in [0.4, 0.5) is 0 Å². The molecule has 0 bridgehead atoms. The maximum atomic E-state index is 10.2. The van der Waals surface area contributed by atoms with Crippen molar-refractivity contribution in [2.75, 3.05) is 0 Å². The lowest BCUT2D eigenvalue weighted by atomic mass is 10.1. The Morgan fingerprint density at radius 3 is 2.54 bits per heavy atom. The van der Waals surface area contributed by atoms with Crippen LogP contribution in [0, 0.1) is 0 Å².